The van der Waals surface area contributed by atoms with Crippen LogP contribution in [-0.4, -0.2) is 34.8 Å². The second kappa shape index (κ2) is 5.14. The average Bonchev–Trinajstić information content (AvgIpc) is 2.29. The first-order chi connectivity index (χ1) is 8.15. The molecule has 2 heterocycles. The van der Waals surface area contributed by atoms with Crippen LogP contribution in [-0.2, 0) is 4.74 Å². The van der Waals surface area contributed by atoms with E-state index in [4.69, 9.17) is 9.84 Å². The molecular weight excluding hydrogens is 220 g/mol. The molecule has 0 saturated carbocycles. The van der Waals surface area contributed by atoms with Crippen LogP contribution in [0.1, 0.15) is 30.3 Å². The van der Waals surface area contributed by atoms with Crippen LogP contribution in [0.4, 0.5) is 5.82 Å². The number of nitrogens with zero attached hydrogens (tertiary/aromatic N) is 1. The molecule has 2 N–H and O–H groups in total. The molecule has 17 heavy (non-hydrogen) atoms. The van der Waals surface area contributed by atoms with Crippen molar-refractivity contribution in [2.24, 2.45) is 0 Å². The highest BCUT2D eigenvalue weighted by Crippen LogP contribution is 2.17. The number of hydrogen-bond donors (Lipinski definition) is 2. The SMILES string of the molecule is CC1CC(Nc2cccc(C(=O)O)n2)CCO1. The van der Waals surface area contributed by atoms with Crippen LogP contribution in [0, 0.1) is 0 Å². The molecule has 1 saturated heterocycles. The molecule has 0 aliphatic carbocycles. The van der Waals surface area contributed by atoms with Crippen LogP contribution in [0.5, 0.6) is 0 Å². The van der Waals surface area contributed by atoms with Crippen LogP contribution in [0.15, 0.2) is 18.2 Å². The van der Waals surface area contributed by atoms with E-state index in [0.29, 0.717) is 11.9 Å². The Hall–Kier alpha value is -1.62. The van der Waals surface area contributed by atoms with Gasteiger partial charge in [0.05, 0.1) is 6.10 Å². The predicted octanol–water partition coefficient (Wildman–Crippen LogP) is 1.76. The Morgan fingerprint density at radius 1 is 1.59 bits per heavy atom. The molecule has 2 atom stereocenters. The van der Waals surface area contributed by atoms with Gasteiger partial charge in [0.2, 0.25) is 0 Å². The molecule has 2 rings (SSSR count). The largest absolute Gasteiger partial charge is 0.477 e. The molecule has 0 spiro atoms. The summed E-state index contributed by atoms with van der Waals surface area (Å²) >= 11 is 0. The third kappa shape index (κ3) is 3.17. The van der Waals surface area contributed by atoms with Gasteiger partial charge in [-0.25, -0.2) is 9.78 Å². The van der Waals surface area contributed by atoms with Crippen molar-refractivity contribution in [2.45, 2.75) is 31.9 Å². The van der Waals surface area contributed by atoms with E-state index < -0.39 is 5.97 Å². The Bertz CT molecular complexity index is 408. The van der Waals surface area contributed by atoms with Gasteiger partial charge in [0.1, 0.15) is 5.82 Å². The maximum absolute atomic E-state index is 10.8. The van der Waals surface area contributed by atoms with Crippen molar-refractivity contribution in [2.75, 3.05) is 11.9 Å². The highest BCUT2D eigenvalue weighted by molar-refractivity contribution is 5.85. The minimum atomic E-state index is -1.01. The number of pyridine rings is 1. The van der Waals surface area contributed by atoms with E-state index >= 15 is 0 Å². The Morgan fingerprint density at radius 2 is 2.41 bits per heavy atom. The molecular formula is C12H16N2O3. The fraction of sp³-hybridized carbons (Fsp3) is 0.500. The van der Waals surface area contributed by atoms with Crippen LogP contribution in [0.25, 0.3) is 0 Å². The lowest BCUT2D eigenvalue weighted by Crippen LogP contribution is -2.32. The first kappa shape index (κ1) is 11.9. The van der Waals surface area contributed by atoms with Gasteiger partial charge in [0.15, 0.2) is 5.69 Å². The number of carbonyl (C=O) groups is 1. The van der Waals surface area contributed by atoms with E-state index in [1.807, 2.05) is 6.92 Å². The number of carboxylic acids is 1. The molecule has 5 heteroatoms. The van der Waals surface area contributed by atoms with Crippen molar-refractivity contribution in [1.29, 1.82) is 0 Å². The van der Waals surface area contributed by atoms with Crippen molar-refractivity contribution in [3.8, 4) is 0 Å². The van der Waals surface area contributed by atoms with Crippen molar-refractivity contribution in [1.82, 2.24) is 4.98 Å². The number of aromatic nitrogens is 1. The number of hydrogen-bond acceptors (Lipinski definition) is 4. The number of rotatable bonds is 3. The Labute approximate surface area is 99.8 Å². The molecule has 0 amide bonds. The summed E-state index contributed by atoms with van der Waals surface area (Å²) < 4.78 is 5.45. The van der Waals surface area contributed by atoms with E-state index in [1.54, 1.807) is 12.1 Å². The second-order valence-corrected chi connectivity index (χ2v) is 4.26. The van der Waals surface area contributed by atoms with E-state index in [1.165, 1.54) is 6.07 Å². The van der Waals surface area contributed by atoms with Gasteiger partial charge in [-0.3, -0.25) is 0 Å². The predicted molar refractivity (Wildman–Crippen MR) is 63.3 cm³/mol. The van der Waals surface area contributed by atoms with Crippen LogP contribution in [0.3, 0.4) is 0 Å². The molecule has 2 unspecified atom stereocenters. The zero-order valence-electron chi connectivity index (χ0n) is 9.72. The van der Waals surface area contributed by atoms with Gasteiger partial charge in [-0.05, 0) is 31.9 Å². The number of nitrogens with one attached hydrogen (secondary N) is 1. The fourth-order valence-corrected chi connectivity index (χ4v) is 1.97. The molecule has 1 aromatic heterocycles. The van der Waals surface area contributed by atoms with Crippen molar-refractivity contribution in [3.63, 3.8) is 0 Å². The smallest absolute Gasteiger partial charge is 0.354 e. The monoisotopic (exact) mass is 236 g/mol. The summed E-state index contributed by atoms with van der Waals surface area (Å²) in [4.78, 5) is 14.8. The number of anilines is 1. The van der Waals surface area contributed by atoms with E-state index in [0.717, 1.165) is 19.4 Å². The zero-order valence-corrected chi connectivity index (χ0v) is 9.72. The highest BCUT2D eigenvalue weighted by atomic mass is 16.5. The summed E-state index contributed by atoms with van der Waals surface area (Å²) in [6.07, 6.45) is 2.08. The van der Waals surface area contributed by atoms with Gasteiger partial charge in [-0.2, -0.15) is 0 Å². The van der Waals surface area contributed by atoms with E-state index in [9.17, 15) is 4.79 Å². The zero-order chi connectivity index (χ0) is 12.3. The van der Waals surface area contributed by atoms with Crippen LogP contribution in [0.2, 0.25) is 0 Å². The molecule has 1 aliphatic heterocycles. The fourth-order valence-electron chi connectivity index (χ4n) is 1.97. The summed E-state index contributed by atoms with van der Waals surface area (Å²) in [5.74, 6) is -0.391. The summed E-state index contributed by atoms with van der Waals surface area (Å²) in [5.41, 5.74) is 0.0649. The summed E-state index contributed by atoms with van der Waals surface area (Å²) in [6, 6.07) is 5.27. The standard InChI is InChI=1S/C12H16N2O3/c1-8-7-9(5-6-17-8)13-11-4-2-3-10(14-11)12(15)16/h2-4,8-9H,5-7H2,1H3,(H,13,14)(H,15,16). The lowest BCUT2D eigenvalue weighted by molar-refractivity contribution is 0.0231. The molecule has 1 aromatic rings. The second-order valence-electron chi connectivity index (χ2n) is 4.26. The number of ether oxygens (including phenoxy) is 1. The molecule has 5 nitrogen and oxygen atoms in total. The molecule has 0 bridgehead atoms. The lowest BCUT2D eigenvalue weighted by atomic mass is 10.0. The van der Waals surface area contributed by atoms with Crippen LogP contribution < -0.4 is 5.32 Å². The maximum atomic E-state index is 10.8. The Balaban J connectivity index is 2.02. The Morgan fingerprint density at radius 3 is 3.12 bits per heavy atom. The first-order valence-electron chi connectivity index (χ1n) is 5.73. The molecule has 0 aromatic carbocycles. The third-order valence-electron chi connectivity index (χ3n) is 2.81. The third-order valence-corrected chi connectivity index (χ3v) is 2.81. The molecule has 1 fully saturated rings. The molecule has 1 aliphatic rings. The van der Waals surface area contributed by atoms with Gasteiger partial charge in [-0.1, -0.05) is 6.07 Å². The quantitative estimate of drug-likeness (QED) is 0.836. The number of carboxylic acid groups (broad SMARTS) is 1. The summed E-state index contributed by atoms with van der Waals surface area (Å²) in [5, 5.41) is 12.1. The minimum absolute atomic E-state index is 0.0649. The number of aromatic carboxylic acids is 1. The van der Waals surface area contributed by atoms with Gasteiger partial charge < -0.3 is 15.2 Å². The minimum Gasteiger partial charge on any atom is -0.477 e. The van der Waals surface area contributed by atoms with E-state index in [-0.39, 0.29) is 11.8 Å². The van der Waals surface area contributed by atoms with Gasteiger partial charge in [0.25, 0.3) is 0 Å². The molecule has 0 radical (unpaired) electrons. The first-order valence-corrected chi connectivity index (χ1v) is 5.73. The summed E-state index contributed by atoms with van der Waals surface area (Å²) in [7, 11) is 0. The normalized spacial score (nSPS) is 24.3. The molecule has 92 valence electrons. The Kier molecular flexibility index (Phi) is 3.58. The van der Waals surface area contributed by atoms with Crippen molar-refractivity contribution in [3.05, 3.63) is 23.9 Å². The van der Waals surface area contributed by atoms with E-state index in [2.05, 4.69) is 10.3 Å². The topological polar surface area (TPSA) is 71.5 Å². The highest BCUT2D eigenvalue weighted by Gasteiger charge is 2.19. The maximum Gasteiger partial charge on any atom is 0.354 e. The average molecular weight is 236 g/mol. The summed E-state index contributed by atoms with van der Waals surface area (Å²) in [6.45, 7) is 2.77. The van der Waals surface area contributed by atoms with Crippen LogP contribution >= 0.6 is 0 Å². The van der Waals surface area contributed by atoms with Crippen molar-refractivity contribution < 1.29 is 14.6 Å². The van der Waals surface area contributed by atoms with Gasteiger partial charge >= 0.3 is 5.97 Å². The van der Waals surface area contributed by atoms with Gasteiger partial charge in [0, 0.05) is 12.6 Å². The van der Waals surface area contributed by atoms with Crippen molar-refractivity contribution >= 4 is 11.8 Å². The lowest BCUT2D eigenvalue weighted by Gasteiger charge is -2.28. The van der Waals surface area contributed by atoms with Gasteiger partial charge in [-0.15, -0.1) is 0 Å².